The Kier molecular flexibility index (Phi) is 4.54. The van der Waals surface area contributed by atoms with Gasteiger partial charge in [0.15, 0.2) is 11.5 Å². The van der Waals surface area contributed by atoms with Gasteiger partial charge in [0.2, 0.25) is 5.75 Å². The molecule has 0 saturated carbocycles. The molecule has 19 heavy (non-hydrogen) atoms. The molecule has 8 nitrogen and oxygen atoms in total. The number of phenolic OH excluding ortho intramolecular Hbond substituents is 3. The molecule has 1 rings (SSSR count). The van der Waals surface area contributed by atoms with Gasteiger partial charge in [-0.1, -0.05) is 6.07 Å². The molecule has 8 heteroatoms. The maximum Gasteiger partial charge on any atom is 0.372 e. The van der Waals surface area contributed by atoms with Crippen LogP contribution in [0.5, 0.6) is 17.2 Å². The molecule has 1 aromatic carbocycles. The number of hydrogen-bond donors (Lipinski definition) is 4. The Balaban J connectivity index is 2.72. The second-order valence-corrected chi connectivity index (χ2v) is 3.73. The Morgan fingerprint density at radius 2 is 1.84 bits per heavy atom. The first-order valence-electron chi connectivity index (χ1n) is 5.20. The minimum Gasteiger partial charge on any atom is -0.504 e. The summed E-state index contributed by atoms with van der Waals surface area (Å²) in [5.74, 6) is -3.63. The van der Waals surface area contributed by atoms with Gasteiger partial charge in [-0.2, -0.15) is 0 Å². The highest BCUT2D eigenvalue weighted by Crippen LogP contribution is 2.37. The maximum absolute atomic E-state index is 11.3. The normalized spacial score (nSPS) is 11.7. The van der Waals surface area contributed by atoms with E-state index in [-0.39, 0.29) is 12.0 Å². The van der Waals surface area contributed by atoms with Gasteiger partial charge in [0.25, 0.3) is 0 Å². The van der Waals surface area contributed by atoms with Gasteiger partial charge in [0.1, 0.15) is 6.04 Å². The lowest BCUT2D eigenvalue weighted by atomic mass is 10.0. The first-order valence-corrected chi connectivity index (χ1v) is 5.20. The first kappa shape index (κ1) is 14.6. The van der Waals surface area contributed by atoms with Crippen LogP contribution in [0.15, 0.2) is 12.1 Å². The van der Waals surface area contributed by atoms with Crippen molar-refractivity contribution in [2.45, 2.75) is 19.4 Å². The van der Waals surface area contributed by atoms with E-state index < -0.39 is 35.2 Å². The summed E-state index contributed by atoms with van der Waals surface area (Å²) in [6, 6.07) is 1.20. The third kappa shape index (κ3) is 3.75. The fourth-order valence-electron chi connectivity index (χ4n) is 1.26. The van der Waals surface area contributed by atoms with Crippen LogP contribution in [-0.2, 0) is 25.8 Å². The van der Waals surface area contributed by atoms with Crippen molar-refractivity contribution in [1.82, 2.24) is 0 Å². The lowest BCUT2D eigenvalue weighted by Crippen LogP contribution is -2.34. The van der Waals surface area contributed by atoms with Crippen LogP contribution in [-0.4, -0.2) is 33.3 Å². The Labute approximate surface area is 107 Å². The minimum atomic E-state index is -1.21. The lowest BCUT2D eigenvalue weighted by Gasteiger charge is -2.11. The van der Waals surface area contributed by atoms with E-state index in [4.69, 9.17) is 10.8 Å². The van der Waals surface area contributed by atoms with Crippen molar-refractivity contribution in [3.63, 3.8) is 0 Å². The molecule has 104 valence electrons. The van der Waals surface area contributed by atoms with Gasteiger partial charge in [-0.05, 0) is 6.07 Å². The maximum atomic E-state index is 11.3. The summed E-state index contributed by atoms with van der Waals surface area (Å²) >= 11 is 0. The molecule has 0 aromatic heterocycles. The number of aromatic hydroxyl groups is 3. The molecule has 0 aliphatic rings. The van der Waals surface area contributed by atoms with E-state index in [9.17, 15) is 19.8 Å². The molecule has 0 heterocycles. The lowest BCUT2D eigenvalue weighted by molar-refractivity contribution is -0.258. The molecule has 0 radical (unpaired) electrons. The zero-order valence-corrected chi connectivity index (χ0v) is 9.99. The molecule has 0 aliphatic heterocycles. The third-order valence-electron chi connectivity index (χ3n) is 2.20. The zero-order valence-electron chi connectivity index (χ0n) is 9.99. The van der Waals surface area contributed by atoms with E-state index in [0.717, 1.165) is 13.0 Å². The molecule has 1 unspecified atom stereocenters. The SMILES string of the molecule is CC(=O)OOC(=O)C(N)Cc1ccc(O)c(O)c1O. The highest BCUT2D eigenvalue weighted by atomic mass is 17.2. The summed E-state index contributed by atoms with van der Waals surface area (Å²) < 4.78 is 0. The van der Waals surface area contributed by atoms with Gasteiger partial charge in [-0.15, -0.1) is 0 Å². The highest BCUT2D eigenvalue weighted by Gasteiger charge is 2.21. The van der Waals surface area contributed by atoms with Gasteiger partial charge < -0.3 is 21.1 Å². The number of rotatable bonds is 3. The molecule has 1 atom stereocenters. The smallest absolute Gasteiger partial charge is 0.372 e. The van der Waals surface area contributed by atoms with Crippen molar-refractivity contribution in [2.24, 2.45) is 5.73 Å². The summed E-state index contributed by atoms with van der Waals surface area (Å²) in [5, 5.41) is 27.9. The van der Waals surface area contributed by atoms with Gasteiger partial charge in [0.05, 0.1) is 0 Å². The molecule has 0 saturated heterocycles. The van der Waals surface area contributed by atoms with Gasteiger partial charge in [-0.3, -0.25) is 0 Å². The number of carbonyl (C=O) groups excluding carboxylic acids is 2. The minimum absolute atomic E-state index is 0.127. The van der Waals surface area contributed by atoms with Crippen LogP contribution in [0.2, 0.25) is 0 Å². The molecular weight excluding hydrogens is 258 g/mol. The summed E-state index contributed by atoms with van der Waals surface area (Å²) in [5.41, 5.74) is 5.60. The van der Waals surface area contributed by atoms with Crippen LogP contribution in [0, 0.1) is 0 Å². The van der Waals surface area contributed by atoms with E-state index in [2.05, 4.69) is 9.78 Å². The number of benzene rings is 1. The predicted molar refractivity (Wildman–Crippen MR) is 61.0 cm³/mol. The second kappa shape index (κ2) is 5.91. The van der Waals surface area contributed by atoms with E-state index in [1.165, 1.54) is 6.07 Å². The van der Waals surface area contributed by atoms with Crippen LogP contribution < -0.4 is 5.73 Å². The standard InChI is InChI=1S/C11H13NO7/c1-5(13)18-19-11(17)7(12)4-6-2-3-8(14)10(16)9(6)15/h2-3,7,14-16H,4,12H2,1H3. The Morgan fingerprint density at radius 1 is 1.21 bits per heavy atom. The van der Waals surface area contributed by atoms with Crippen molar-refractivity contribution >= 4 is 11.9 Å². The Bertz CT molecular complexity index is 500. The molecule has 0 aliphatic carbocycles. The molecule has 0 fully saturated rings. The number of carbonyl (C=O) groups is 2. The third-order valence-corrected chi connectivity index (χ3v) is 2.20. The van der Waals surface area contributed by atoms with E-state index >= 15 is 0 Å². The molecule has 5 N–H and O–H groups in total. The van der Waals surface area contributed by atoms with Crippen LogP contribution in [0.25, 0.3) is 0 Å². The van der Waals surface area contributed by atoms with E-state index in [0.29, 0.717) is 0 Å². The largest absolute Gasteiger partial charge is 0.504 e. The fourth-order valence-corrected chi connectivity index (χ4v) is 1.26. The van der Waals surface area contributed by atoms with E-state index in [1.54, 1.807) is 0 Å². The van der Waals surface area contributed by atoms with E-state index in [1.807, 2.05) is 0 Å². The summed E-state index contributed by atoms with van der Waals surface area (Å²) in [4.78, 5) is 29.9. The zero-order chi connectivity index (χ0) is 14.6. The average Bonchev–Trinajstić information content (AvgIpc) is 2.36. The summed E-state index contributed by atoms with van der Waals surface area (Å²) in [6.07, 6.45) is -0.181. The van der Waals surface area contributed by atoms with Crippen molar-refractivity contribution in [1.29, 1.82) is 0 Å². The second-order valence-electron chi connectivity index (χ2n) is 3.73. The molecule has 0 bridgehead atoms. The summed E-state index contributed by atoms with van der Waals surface area (Å²) in [6.45, 7) is 1.04. The monoisotopic (exact) mass is 271 g/mol. The number of nitrogens with two attached hydrogens (primary N) is 1. The topological polar surface area (TPSA) is 139 Å². The van der Waals surface area contributed by atoms with Crippen LogP contribution >= 0.6 is 0 Å². The van der Waals surface area contributed by atoms with Gasteiger partial charge >= 0.3 is 11.9 Å². The van der Waals surface area contributed by atoms with Crippen LogP contribution in [0.1, 0.15) is 12.5 Å². The van der Waals surface area contributed by atoms with Crippen molar-refractivity contribution < 1.29 is 34.7 Å². The predicted octanol–water partition coefficient (Wildman–Crippen LogP) is -0.306. The molecule has 0 amide bonds. The molecule has 0 spiro atoms. The van der Waals surface area contributed by atoms with Crippen molar-refractivity contribution in [3.8, 4) is 17.2 Å². The van der Waals surface area contributed by atoms with Crippen LogP contribution in [0.4, 0.5) is 0 Å². The highest BCUT2D eigenvalue weighted by molar-refractivity contribution is 5.77. The average molecular weight is 271 g/mol. The fraction of sp³-hybridized carbons (Fsp3) is 0.273. The summed E-state index contributed by atoms with van der Waals surface area (Å²) in [7, 11) is 0. The van der Waals surface area contributed by atoms with Crippen molar-refractivity contribution in [3.05, 3.63) is 17.7 Å². The van der Waals surface area contributed by atoms with Gasteiger partial charge in [-0.25, -0.2) is 19.4 Å². The molecule has 1 aromatic rings. The Morgan fingerprint density at radius 3 is 2.42 bits per heavy atom. The molecular formula is C11H13NO7. The van der Waals surface area contributed by atoms with Crippen molar-refractivity contribution in [2.75, 3.05) is 0 Å². The Hall–Kier alpha value is -2.48. The quantitative estimate of drug-likeness (QED) is 0.333. The van der Waals surface area contributed by atoms with Gasteiger partial charge in [0, 0.05) is 18.9 Å². The number of hydrogen-bond acceptors (Lipinski definition) is 8. The first-order chi connectivity index (χ1) is 8.82. The number of phenols is 3. The van der Waals surface area contributed by atoms with Crippen LogP contribution in [0.3, 0.4) is 0 Å².